The van der Waals surface area contributed by atoms with E-state index in [0.29, 0.717) is 36.0 Å². The van der Waals surface area contributed by atoms with Gasteiger partial charge in [-0.05, 0) is 36.6 Å². The van der Waals surface area contributed by atoms with Gasteiger partial charge >= 0.3 is 0 Å². The number of nitrogens with zero attached hydrogens (tertiary/aromatic N) is 2. The minimum absolute atomic E-state index is 0.0955. The standard InChI is InChI=1S/C28H24Cl2FN3O4/c1-15(22-20(29)7-8-21(31)23(22)30)38-26-25-18(13-33-27(26)32)19(14-37-25)16-9-11-34(12-10-16)28(36)24(35)17-5-3-2-4-6-17/h2-9,13-15,24,35H,10-12H2,1H3,(H2,32,33)/t15-,24-/m1/s1. The molecule has 0 aliphatic carbocycles. The van der Waals surface area contributed by atoms with Crippen molar-refractivity contribution < 1.29 is 23.4 Å². The highest BCUT2D eigenvalue weighted by molar-refractivity contribution is 6.36. The van der Waals surface area contributed by atoms with E-state index in [1.54, 1.807) is 48.5 Å². The highest BCUT2D eigenvalue weighted by atomic mass is 35.5. The van der Waals surface area contributed by atoms with Crippen molar-refractivity contribution in [1.29, 1.82) is 0 Å². The molecule has 2 aromatic carbocycles. The number of carbonyl (C=O) groups is 1. The number of nitrogen functional groups attached to an aromatic ring is 1. The predicted molar refractivity (Wildman–Crippen MR) is 144 cm³/mol. The Kier molecular flexibility index (Phi) is 7.29. The number of ether oxygens (including phenoxy) is 1. The van der Waals surface area contributed by atoms with Crippen LogP contribution in [-0.4, -0.2) is 34.0 Å². The molecule has 0 radical (unpaired) electrons. The summed E-state index contributed by atoms with van der Waals surface area (Å²) in [7, 11) is 0. The molecule has 2 atom stereocenters. The number of benzene rings is 2. The third-order valence-corrected chi connectivity index (χ3v) is 7.31. The van der Waals surface area contributed by atoms with E-state index in [9.17, 15) is 14.3 Å². The van der Waals surface area contributed by atoms with E-state index in [2.05, 4.69) is 4.98 Å². The van der Waals surface area contributed by atoms with E-state index in [-0.39, 0.29) is 33.1 Å². The molecule has 3 N–H and O–H groups in total. The third kappa shape index (κ3) is 4.82. The van der Waals surface area contributed by atoms with E-state index >= 15 is 0 Å². The molecule has 7 nitrogen and oxygen atoms in total. The van der Waals surface area contributed by atoms with Gasteiger partial charge in [-0.25, -0.2) is 9.37 Å². The highest BCUT2D eigenvalue weighted by Crippen LogP contribution is 2.41. The molecule has 0 spiro atoms. The van der Waals surface area contributed by atoms with Crippen LogP contribution in [0, 0.1) is 5.82 Å². The quantitative estimate of drug-likeness (QED) is 0.269. The molecule has 3 heterocycles. The second kappa shape index (κ2) is 10.6. The molecule has 4 aromatic rings. The van der Waals surface area contributed by atoms with Gasteiger partial charge in [-0.3, -0.25) is 4.79 Å². The number of nitrogens with two attached hydrogens (primary N) is 1. The van der Waals surface area contributed by atoms with Crippen molar-refractivity contribution in [1.82, 2.24) is 9.88 Å². The Labute approximate surface area is 228 Å². The van der Waals surface area contributed by atoms with E-state index in [1.165, 1.54) is 12.1 Å². The molecule has 2 aromatic heterocycles. The maximum Gasteiger partial charge on any atom is 0.256 e. The largest absolute Gasteiger partial charge is 0.478 e. The number of aliphatic hydroxyl groups is 1. The van der Waals surface area contributed by atoms with Crippen molar-refractivity contribution in [2.45, 2.75) is 25.6 Å². The van der Waals surface area contributed by atoms with Gasteiger partial charge in [0.05, 0.1) is 16.7 Å². The number of carbonyl (C=O) groups excluding carboxylic acids is 1. The monoisotopic (exact) mass is 555 g/mol. The first kappa shape index (κ1) is 26.0. The molecule has 0 fully saturated rings. The summed E-state index contributed by atoms with van der Waals surface area (Å²) < 4.78 is 26.0. The summed E-state index contributed by atoms with van der Waals surface area (Å²) in [6.45, 7) is 2.44. The molecule has 196 valence electrons. The SMILES string of the molecule is C[C@@H](Oc1c(N)ncc2c(C3=CCN(C(=O)[C@H](O)c4ccccc4)CC3)coc12)c1c(Cl)ccc(F)c1Cl. The van der Waals surface area contributed by atoms with Gasteiger partial charge in [0.15, 0.2) is 17.5 Å². The summed E-state index contributed by atoms with van der Waals surface area (Å²) >= 11 is 12.4. The van der Waals surface area contributed by atoms with Crippen LogP contribution < -0.4 is 10.5 Å². The van der Waals surface area contributed by atoms with Crippen LogP contribution in [0.2, 0.25) is 10.0 Å². The first-order valence-corrected chi connectivity index (χ1v) is 12.7. The summed E-state index contributed by atoms with van der Waals surface area (Å²) in [6.07, 6.45) is 3.70. The number of hydrogen-bond acceptors (Lipinski definition) is 6. The molecule has 1 aliphatic heterocycles. The van der Waals surface area contributed by atoms with E-state index in [0.717, 1.165) is 11.1 Å². The predicted octanol–water partition coefficient (Wildman–Crippen LogP) is 6.35. The lowest BCUT2D eigenvalue weighted by Crippen LogP contribution is -2.38. The molecular formula is C28H24Cl2FN3O4. The van der Waals surface area contributed by atoms with Crippen molar-refractivity contribution in [3.05, 3.63) is 93.6 Å². The number of aromatic nitrogens is 1. The smallest absolute Gasteiger partial charge is 0.256 e. The lowest BCUT2D eigenvalue weighted by atomic mass is 9.98. The number of amides is 1. The fraction of sp³-hybridized carbons (Fsp3) is 0.214. The lowest BCUT2D eigenvalue weighted by Gasteiger charge is -2.28. The van der Waals surface area contributed by atoms with Gasteiger partial charge in [0, 0.05) is 35.4 Å². The van der Waals surface area contributed by atoms with Crippen LogP contribution in [0.4, 0.5) is 10.2 Å². The summed E-state index contributed by atoms with van der Waals surface area (Å²) in [5.74, 6) is -0.675. The Morgan fingerprint density at radius 1 is 1.24 bits per heavy atom. The van der Waals surface area contributed by atoms with Gasteiger partial charge in [0.1, 0.15) is 11.9 Å². The van der Waals surface area contributed by atoms with Crippen molar-refractivity contribution in [3.63, 3.8) is 0 Å². The van der Waals surface area contributed by atoms with Crippen LogP contribution in [0.25, 0.3) is 16.5 Å². The molecule has 1 aliphatic rings. The average molecular weight is 556 g/mol. The van der Waals surface area contributed by atoms with Crippen LogP contribution in [0.15, 0.2) is 65.4 Å². The number of rotatable bonds is 6. The molecule has 0 saturated heterocycles. The van der Waals surface area contributed by atoms with E-state index in [1.807, 2.05) is 12.1 Å². The van der Waals surface area contributed by atoms with Crippen LogP contribution >= 0.6 is 23.2 Å². The third-order valence-electron chi connectivity index (χ3n) is 6.60. The first-order chi connectivity index (χ1) is 18.3. The molecule has 0 bridgehead atoms. The van der Waals surface area contributed by atoms with Crippen LogP contribution in [-0.2, 0) is 4.79 Å². The fourth-order valence-electron chi connectivity index (χ4n) is 4.56. The van der Waals surface area contributed by atoms with Gasteiger partial charge < -0.3 is 24.9 Å². The van der Waals surface area contributed by atoms with Crippen molar-refractivity contribution in [2.75, 3.05) is 18.8 Å². The summed E-state index contributed by atoms with van der Waals surface area (Å²) in [6, 6.07) is 11.4. The number of furan rings is 1. The number of fused-ring (bicyclic) bond motifs is 1. The van der Waals surface area contributed by atoms with E-state index < -0.39 is 18.0 Å². The van der Waals surface area contributed by atoms with Crippen molar-refractivity contribution in [3.8, 4) is 5.75 Å². The molecule has 0 saturated carbocycles. The Hall–Kier alpha value is -3.59. The van der Waals surface area contributed by atoms with Gasteiger partial charge in [0.2, 0.25) is 5.75 Å². The second-order valence-electron chi connectivity index (χ2n) is 8.96. The van der Waals surface area contributed by atoms with E-state index in [4.69, 9.17) is 38.1 Å². The normalized spacial score (nSPS) is 15.3. The van der Waals surface area contributed by atoms with Crippen molar-refractivity contribution in [2.24, 2.45) is 0 Å². The number of anilines is 1. The fourth-order valence-corrected chi connectivity index (χ4v) is 5.24. The van der Waals surface area contributed by atoms with Crippen LogP contribution in [0.1, 0.15) is 42.2 Å². The van der Waals surface area contributed by atoms with Gasteiger partial charge in [0.25, 0.3) is 5.91 Å². The number of hydrogen-bond donors (Lipinski definition) is 2. The Bertz CT molecular complexity index is 1540. The average Bonchev–Trinajstić information content (AvgIpc) is 3.37. The summed E-state index contributed by atoms with van der Waals surface area (Å²) in [5.41, 5.74) is 9.09. The molecule has 5 rings (SSSR count). The number of pyridine rings is 1. The highest BCUT2D eigenvalue weighted by Gasteiger charge is 2.27. The first-order valence-electron chi connectivity index (χ1n) is 11.9. The molecule has 0 unspecified atom stereocenters. The van der Waals surface area contributed by atoms with Gasteiger partial charge in [-0.15, -0.1) is 0 Å². The Morgan fingerprint density at radius 3 is 2.71 bits per heavy atom. The Balaban J connectivity index is 1.38. The molecule has 38 heavy (non-hydrogen) atoms. The lowest BCUT2D eigenvalue weighted by molar-refractivity contribution is -0.140. The molecule has 1 amide bonds. The summed E-state index contributed by atoms with van der Waals surface area (Å²) in [5, 5.41) is 11.3. The van der Waals surface area contributed by atoms with Crippen LogP contribution in [0.3, 0.4) is 0 Å². The zero-order valence-corrected chi connectivity index (χ0v) is 21.8. The number of halogens is 3. The minimum atomic E-state index is -1.21. The van der Waals surface area contributed by atoms with Gasteiger partial charge in [-0.2, -0.15) is 0 Å². The zero-order valence-electron chi connectivity index (χ0n) is 20.3. The second-order valence-corrected chi connectivity index (χ2v) is 9.74. The van der Waals surface area contributed by atoms with Gasteiger partial charge in [-0.1, -0.05) is 59.6 Å². The molecular weight excluding hydrogens is 532 g/mol. The Morgan fingerprint density at radius 2 is 2.00 bits per heavy atom. The minimum Gasteiger partial charge on any atom is -0.478 e. The zero-order chi connectivity index (χ0) is 27.0. The topological polar surface area (TPSA) is 102 Å². The summed E-state index contributed by atoms with van der Waals surface area (Å²) in [4.78, 5) is 18.7. The molecule has 10 heteroatoms. The maximum absolute atomic E-state index is 14.1. The number of aliphatic hydroxyl groups excluding tert-OH is 1. The maximum atomic E-state index is 14.1. The van der Waals surface area contributed by atoms with Crippen LogP contribution in [0.5, 0.6) is 5.75 Å². The van der Waals surface area contributed by atoms with Crippen molar-refractivity contribution >= 4 is 51.5 Å².